The van der Waals surface area contributed by atoms with Crippen molar-refractivity contribution < 1.29 is 9.52 Å². The van der Waals surface area contributed by atoms with E-state index in [2.05, 4.69) is 41.8 Å². The van der Waals surface area contributed by atoms with Gasteiger partial charge in [-0.15, -0.1) is 0 Å². The number of aliphatic imine (C=N–C) groups is 1. The van der Waals surface area contributed by atoms with Crippen LogP contribution in [0.1, 0.15) is 5.56 Å². The van der Waals surface area contributed by atoms with Crippen LogP contribution in [0, 0.1) is 0 Å². The van der Waals surface area contributed by atoms with Gasteiger partial charge in [-0.25, -0.2) is 4.98 Å². The summed E-state index contributed by atoms with van der Waals surface area (Å²) in [6.07, 6.45) is 1.69. The summed E-state index contributed by atoms with van der Waals surface area (Å²) < 4.78 is 7.79. The fourth-order valence-electron chi connectivity index (χ4n) is 3.36. The molecule has 0 aliphatic heterocycles. The highest BCUT2D eigenvalue weighted by Crippen LogP contribution is 2.31. The first kappa shape index (κ1) is 19.0. The van der Waals surface area contributed by atoms with E-state index in [4.69, 9.17) is 4.42 Å². The average molecular weight is 522 g/mol. The molecule has 4 nitrogen and oxygen atoms in total. The van der Waals surface area contributed by atoms with Crippen molar-refractivity contribution in [3.8, 4) is 17.2 Å². The molecule has 0 saturated carbocycles. The number of phenolic OH excluding ortho intramolecular Hbond substituents is 1. The summed E-state index contributed by atoms with van der Waals surface area (Å²) in [7, 11) is 0. The van der Waals surface area contributed by atoms with Crippen molar-refractivity contribution in [1.29, 1.82) is 0 Å². The highest BCUT2D eigenvalue weighted by Gasteiger charge is 2.10. The Hall–Kier alpha value is -2.96. The van der Waals surface area contributed by atoms with E-state index in [9.17, 15) is 5.11 Å². The zero-order valence-electron chi connectivity index (χ0n) is 15.5. The molecule has 5 rings (SSSR count). The molecule has 4 aromatic carbocycles. The fourth-order valence-corrected chi connectivity index (χ4v) is 4.65. The van der Waals surface area contributed by atoms with Gasteiger partial charge < -0.3 is 9.52 Å². The van der Waals surface area contributed by atoms with E-state index in [0.717, 1.165) is 36.5 Å². The van der Waals surface area contributed by atoms with Gasteiger partial charge in [0.25, 0.3) is 0 Å². The average Bonchev–Trinajstić information content (AvgIpc) is 3.16. The smallest absolute Gasteiger partial charge is 0.227 e. The first-order chi connectivity index (χ1) is 14.6. The number of aromatic nitrogens is 1. The van der Waals surface area contributed by atoms with E-state index < -0.39 is 0 Å². The molecular weight excluding hydrogens is 508 g/mol. The lowest BCUT2D eigenvalue weighted by Crippen LogP contribution is -1.85. The standard InChI is InChI=1S/C24H14Br2N2O2/c25-16-9-15(10-17(26)11-16)24-28-21-12-18(6-8-23(21)30-24)27-13-20-19-4-2-1-3-14(19)5-7-22(20)29/h1-13,29H. The number of oxazole rings is 1. The largest absolute Gasteiger partial charge is 0.507 e. The van der Waals surface area contributed by atoms with Crippen LogP contribution in [-0.2, 0) is 0 Å². The number of hydrogen-bond acceptors (Lipinski definition) is 4. The van der Waals surface area contributed by atoms with Crippen LogP contribution in [0.2, 0.25) is 0 Å². The lowest BCUT2D eigenvalue weighted by Gasteiger charge is -2.04. The molecule has 0 spiro atoms. The van der Waals surface area contributed by atoms with Crippen LogP contribution in [0.4, 0.5) is 5.69 Å². The van der Waals surface area contributed by atoms with Crippen LogP contribution in [0.3, 0.4) is 0 Å². The minimum Gasteiger partial charge on any atom is -0.507 e. The van der Waals surface area contributed by atoms with Crippen LogP contribution in [0.5, 0.6) is 5.75 Å². The molecule has 1 N–H and O–H groups in total. The van der Waals surface area contributed by atoms with Gasteiger partial charge in [0, 0.05) is 26.3 Å². The summed E-state index contributed by atoms with van der Waals surface area (Å²) in [5.41, 5.74) is 3.70. The lowest BCUT2D eigenvalue weighted by molar-refractivity contribution is 0.475. The number of rotatable bonds is 3. The second-order valence-electron chi connectivity index (χ2n) is 6.81. The van der Waals surface area contributed by atoms with E-state index in [1.54, 1.807) is 12.3 Å². The van der Waals surface area contributed by atoms with Gasteiger partial charge in [-0.3, -0.25) is 4.99 Å². The van der Waals surface area contributed by atoms with Gasteiger partial charge >= 0.3 is 0 Å². The molecule has 5 aromatic rings. The first-order valence-electron chi connectivity index (χ1n) is 9.19. The van der Waals surface area contributed by atoms with Gasteiger partial charge in [0.2, 0.25) is 5.89 Å². The van der Waals surface area contributed by atoms with Gasteiger partial charge in [0.1, 0.15) is 11.3 Å². The van der Waals surface area contributed by atoms with Gasteiger partial charge in [0.05, 0.1) is 5.69 Å². The van der Waals surface area contributed by atoms with Gasteiger partial charge in [-0.05, 0) is 53.2 Å². The second kappa shape index (κ2) is 7.70. The lowest BCUT2D eigenvalue weighted by atomic mass is 10.0. The highest BCUT2D eigenvalue weighted by atomic mass is 79.9. The Morgan fingerprint density at radius 3 is 2.53 bits per heavy atom. The third-order valence-corrected chi connectivity index (χ3v) is 5.69. The molecule has 0 fully saturated rings. The molecule has 0 atom stereocenters. The predicted molar refractivity (Wildman–Crippen MR) is 128 cm³/mol. The minimum atomic E-state index is 0.197. The molecule has 1 aromatic heterocycles. The van der Waals surface area contributed by atoms with Crippen molar-refractivity contribution in [3.05, 3.63) is 87.3 Å². The molecule has 6 heteroatoms. The maximum atomic E-state index is 10.3. The summed E-state index contributed by atoms with van der Waals surface area (Å²) in [4.78, 5) is 9.18. The SMILES string of the molecule is Oc1ccc2ccccc2c1C=Nc1ccc2oc(-c3cc(Br)cc(Br)c3)nc2c1. The summed E-state index contributed by atoms with van der Waals surface area (Å²) in [5.74, 6) is 0.738. The predicted octanol–water partition coefficient (Wildman–Crippen LogP) is 7.63. The first-order valence-corrected chi connectivity index (χ1v) is 10.8. The van der Waals surface area contributed by atoms with Gasteiger partial charge in [0.15, 0.2) is 5.58 Å². The Morgan fingerprint density at radius 1 is 0.900 bits per heavy atom. The highest BCUT2D eigenvalue weighted by molar-refractivity contribution is 9.11. The van der Waals surface area contributed by atoms with Crippen molar-refractivity contribution in [3.63, 3.8) is 0 Å². The number of benzene rings is 4. The summed E-state index contributed by atoms with van der Waals surface area (Å²) in [5, 5.41) is 12.3. The normalized spacial score (nSPS) is 11.7. The molecular formula is C24H14Br2N2O2. The zero-order valence-corrected chi connectivity index (χ0v) is 18.7. The number of fused-ring (bicyclic) bond motifs is 2. The van der Waals surface area contributed by atoms with E-state index in [0.29, 0.717) is 17.0 Å². The van der Waals surface area contributed by atoms with Crippen molar-refractivity contribution in [2.24, 2.45) is 4.99 Å². The Labute approximate surface area is 189 Å². The number of nitrogens with zero attached hydrogens (tertiary/aromatic N) is 2. The number of aromatic hydroxyl groups is 1. The Kier molecular flexibility index (Phi) is 4.89. The Bertz CT molecular complexity index is 1420. The Balaban J connectivity index is 1.53. The van der Waals surface area contributed by atoms with Crippen LogP contribution >= 0.6 is 31.9 Å². The van der Waals surface area contributed by atoms with Crippen molar-refractivity contribution >= 4 is 65.6 Å². The van der Waals surface area contributed by atoms with E-state index in [1.807, 2.05) is 66.7 Å². The van der Waals surface area contributed by atoms with Crippen LogP contribution in [-0.4, -0.2) is 16.3 Å². The van der Waals surface area contributed by atoms with Gasteiger partial charge in [-0.2, -0.15) is 0 Å². The van der Waals surface area contributed by atoms with Crippen LogP contribution in [0.25, 0.3) is 33.3 Å². The molecule has 0 radical (unpaired) electrons. The summed E-state index contributed by atoms with van der Waals surface area (Å²) >= 11 is 6.98. The number of phenols is 1. The molecule has 0 amide bonds. The monoisotopic (exact) mass is 520 g/mol. The third-order valence-electron chi connectivity index (χ3n) is 4.77. The molecule has 0 unspecified atom stereocenters. The molecule has 146 valence electrons. The summed E-state index contributed by atoms with van der Waals surface area (Å²) in [6, 6.07) is 22.9. The number of hydrogen-bond donors (Lipinski definition) is 1. The van der Waals surface area contributed by atoms with Crippen LogP contribution < -0.4 is 0 Å². The second-order valence-corrected chi connectivity index (χ2v) is 8.64. The maximum Gasteiger partial charge on any atom is 0.227 e. The van der Waals surface area contributed by atoms with Crippen molar-refractivity contribution in [2.75, 3.05) is 0 Å². The molecule has 0 bridgehead atoms. The fraction of sp³-hybridized carbons (Fsp3) is 0. The third kappa shape index (κ3) is 3.64. The topological polar surface area (TPSA) is 58.6 Å². The van der Waals surface area contributed by atoms with Crippen molar-refractivity contribution in [2.45, 2.75) is 0 Å². The molecule has 0 aliphatic rings. The summed E-state index contributed by atoms with van der Waals surface area (Å²) in [6.45, 7) is 0. The van der Waals surface area contributed by atoms with E-state index in [-0.39, 0.29) is 5.75 Å². The molecule has 0 aliphatic carbocycles. The number of halogens is 2. The molecule has 1 heterocycles. The van der Waals surface area contributed by atoms with E-state index >= 15 is 0 Å². The molecule has 0 saturated heterocycles. The quantitative estimate of drug-likeness (QED) is 0.248. The zero-order chi connectivity index (χ0) is 20.7. The van der Waals surface area contributed by atoms with Crippen LogP contribution in [0.15, 0.2) is 91.2 Å². The van der Waals surface area contributed by atoms with Gasteiger partial charge in [-0.1, -0.05) is 62.2 Å². The molecule has 30 heavy (non-hydrogen) atoms. The van der Waals surface area contributed by atoms with Crippen molar-refractivity contribution in [1.82, 2.24) is 4.98 Å². The minimum absolute atomic E-state index is 0.197. The Morgan fingerprint density at radius 2 is 1.70 bits per heavy atom. The van der Waals surface area contributed by atoms with E-state index in [1.165, 1.54) is 0 Å². The maximum absolute atomic E-state index is 10.3.